The molecule has 0 amide bonds. The summed E-state index contributed by atoms with van der Waals surface area (Å²) in [6, 6.07) is 6.55. The summed E-state index contributed by atoms with van der Waals surface area (Å²) >= 11 is 3.55. The number of benzene rings is 1. The number of hydrogen-bond acceptors (Lipinski definition) is 2. The van der Waals surface area contributed by atoms with Gasteiger partial charge in [-0.25, -0.2) is 0 Å². The lowest BCUT2D eigenvalue weighted by Gasteiger charge is -2.13. The van der Waals surface area contributed by atoms with Crippen molar-refractivity contribution in [1.82, 2.24) is 5.32 Å². The predicted molar refractivity (Wildman–Crippen MR) is 62.9 cm³/mol. The molecule has 0 saturated carbocycles. The third-order valence-corrected chi connectivity index (χ3v) is 3.18. The molecule has 1 aromatic carbocycles. The van der Waals surface area contributed by atoms with E-state index >= 15 is 0 Å². The van der Waals surface area contributed by atoms with E-state index in [2.05, 4.69) is 34.2 Å². The standard InChI is InChI=1S/C11H16BrNO/c1-8(13-2)7-9-5-4-6-10(14-3)11(9)12/h4-6,8,13H,7H2,1-3H3. The summed E-state index contributed by atoms with van der Waals surface area (Å²) in [5.41, 5.74) is 1.27. The number of hydrogen-bond donors (Lipinski definition) is 1. The van der Waals surface area contributed by atoms with Gasteiger partial charge in [-0.05, 0) is 48.0 Å². The molecule has 0 fully saturated rings. The van der Waals surface area contributed by atoms with E-state index < -0.39 is 0 Å². The third-order valence-electron chi connectivity index (χ3n) is 2.28. The fourth-order valence-corrected chi connectivity index (χ4v) is 1.89. The second kappa shape index (κ2) is 5.37. The Morgan fingerprint density at radius 2 is 2.21 bits per heavy atom. The topological polar surface area (TPSA) is 21.3 Å². The molecular weight excluding hydrogens is 242 g/mol. The van der Waals surface area contributed by atoms with Gasteiger partial charge in [0.2, 0.25) is 0 Å². The highest BCUT2D eigenvalue weighted by Gasteiger charge is 2.08. The molecule has 0 aromatic heterocycles. The Morgan fingerprint density at radius 3 is 2.79 bits per heavy atom. The molecule has 0 aliphatic carbocycles. The maximum Gasteiger partial charge on any atom is 0.133 e. The average Bonchev–Trinajstić information content (AvgIpc) is 2.21. The molecule has 0 aliphatic rings. The van der Waals surface area contributed by atoms with Crippen LogP contribution < -0.4 is 10.1 Å². The summed E-state index contributed by atoms with van der Waals surface area (Å²) < 4.78 is 6.29. The van der Waals surface area contributed by atoms with E-state index in [1.165, 1.54) is 5.56 Å². The van der Waals surface area contributed by atoms with Crippen molar-refractivity contribution in [3.8, 4) is 5.75 Å². The number of methoxy groups -OCH3 is 1. The first-order chi connectivity index (χ1) is 6.69. The zero-order chi connectivity index (χ0) is 10.6. The second-order valence-corrected chi connectivity index (χ2v) is 4.12. The Balaban J connectivity index is 2.86. The fraction of sp³-hybridized carbons (Fsp3) is 0.455. The molecule has 0 aliphatic heterocycles. The highest BCUT2D eigenvalue weighted by molar-refractivity contribution is 9.10. The smallest absolute Gasteiger partial charge is 0.133 e. The van der Waals surface area contributed by atoms with Crippen LogP contribution in [0.1, 0.15) is 12.5 Å². The van der Waals surface area contributed by atoms with Crippen molar-refractivity contribution in [2.75, 3.05) is 14.2 Å². The van der Waals surface area contributed by atoms with Crippen LogP contribution in [0.4, 0.5) is 0 Å². The van der Waals surface area contributed by atoms with Crippen LogP contribution in [0.2, 0.25) is 0 Å². The third kappa shape index (κ3) is 2.72. The van der Waals surface area contributed by atoms with Gasteiger partial charge in [-0.15, -0.1) is 0 Å². The van der Waals surface area contributed by atoms with Crippen molar-refractivity contribution in [2.24, 2.45) is 0 Å². The summed E-state index contributed by atoms with van der Waals surface area (Å²) in [5.74, 6) is 0.894. The molecule has 1 rings (SSSR count). The van der Waals surface area contributed by atoms with Gasteiger partial charge in [0.25, 0.3) is 0 Å². The number of halogens is 1. The van der Waals surface area contributed by atoms with Gasteiger partial charge in [-0.3, -0.25) is 0 Å². The van der Waals surface area contributed by atoms with Crippen molar-refractivity contribution in [3.63, 3.8) is 0 Å². The van der Waals surface area contributed by atoms with Crippen LogP contribution in [-0.4, -0.2) is 20.2 Å². The van der Waals surface area contributed by atoms with Gasteiger partial charge in [-0.2, -0.15) is 0 Å². The molecule has 0 heterocycles. The molecule has 14 heavy (non-hydrogen) atoms. The Hall–Kier alpha value is -0.540. The van der Waals surface area contributed by atoms with E-state index in [1.54, 1.807) is 7.11 Å². The molecular formula is C11H16BrNO. The van der Waals surface area contributed by atoms with Gasteiger partial charge in [0, 0.05) is 6.04 Å². The highest BCUT2D eigenvalue weighted by Crippen LogP contribution is 2.28. The van der Waals surface area contributed by atoms with E-state index in [0.29, 0.717) is 6.04 Å². The first-order valence-electron chi connectivity index (χ1n) is 4.67. The van der Waals surface area contributed by atoms with Crippen molar-refractivity contribution in [1.29, 1.82) is 0 Å². The Labute approximate surface area is 93.8 Å². The lowest BCUT2D eigenvalue weighted by molar-refractivity contribution is 0.411. The summed E-state index contributed by atoms with van der Waals surface area (Å²) in [6.07, 6.45) is 0.994. The van der Waals surface area contributed by atoms with Crippen LogP contribution >= 0.6 is 15.9 Å². The summed E-state index contributed by atoms with van der Waals surface area (Å²) in [4.78, 5) is 0. The monoisotopic (exact) mass is 257 g/mol. The number of rotatable bonds is 4. The molecule has 78 valence electrons. The van der Waals surface area contributed by atoms with Gasteiger partial charge < -0.3 is 10.1 Å². The normalized spacial score (nSPS) is 12.6. The van der Waals surface area contributed by atoms with Crippen LogP contribution in [0.25, 0.3) is 0 Å². The second-order valence-electron chi connectivity index (χ2n) is 3.33. The van der Waals surface area contributed by atoms with Crippen molar-refractivity contribution in [2.45, 2.75) is 19.4 Å². The highest BCUT2D eigenvalue weighted by atomic mass is 79.9. The molecule has 3 heteroatoms. The Morgan fingerprint density at radius 1 is 1.50 bits per heavy atom. The van der Waals surface area contributed by atoms with Crippen LogP contribution in [0, 0.1) is 0 Å². The molecule has 0 spiro atoms. The first kappa shape index (κ1) is 11.5. The van der Waals surface area contributed by atoms with Gasteiger partial charge in [0.1, 0.15) is 5.75 Å². The lowest BCUT2D eigenvalue weighted by Crippen LogP contribution is -2.23. The minimum Gasteiger partial charge on any atom is -0.496 e. The zero-order valence-electron chi connectivity index (χ0n) is 8.80. The Bertz CT molecular complexity index is 301. The van der Waals surface area contributed by atoms with Crippen molar-refractivity contribution in [3.05, 3.63) is 28.2 Å². The van der Waals surface area contributed by atoms with Crippen molar-refractivity contribution < 1.29 is 4.74 Å². The maximum atomic E-state index is 5.23. The molecule has 0 radical (unpaired) electrons. The predicted octanol–water partition coefficient (Wildman–Crippen LogP) is 2.61. The number of nitrogens with one attached hydrogen (secondary N) is 1. The van der Waals surface area contributed by atoms with Gasteiger partial charge in [-0.1, -0.05) is 12.1 Å². The number of ether oxygens (including phenoxy) is 1. The summed E-state index contributed by atoms with van der Waals surface area (Å²) in [5, 5.41) is 3.22. The molecule has 1 N–H and O–H groups in total. The summed E-state index contributed by atoms with van der Waals surface area (Å²) in [7, 11) is 3.66. The minimum atomic E-state index is 0.471. The van der Waals surface area contributed by atoms with Crippen LogP contribution in [0.5, 0.6) is 5.75 Å². The minimum absolute atomic E-state index is 0.471. The average molecular weight is 258 g/mol. The molecule has 1 aromatic rings. The van der Waals surface area contributed by atoms with Crippen LogP contribution in [0.15, 0.2) is 22.7 Å². The molecule has 1 unspecified atom stereocenters. The zero-order valence-corrected chi connectivity index (χ0v) is 10.4. The number of likely N-dealkylation sites (N-methyl/N-ethyl adjacent to an activating group) is 1. The lowest BCUT2D eigenvalue weighted by atomic mass is 10.1. The molecule has 0 bridgehead atoms. The van der Waals surface area contributed by atoms with Gasteiger partial charge in [0.15, 0.2) is 0 Å². The fourth-order valence-electron chi connectivity index (χ4n) is 1.30. The molecule has 1 atom stereocenters. The van der Waals surface area contributed by atoms with Gasteiger partial charge >= 0.3 is 0 Å². The molecule has 0 saturated heterocycles. The van der Waals surface area contributed by atoms with Crippen molar-refractivity contribution >= 4 is 15.9 Å². The SMILES string of the molecule is CNC(C)Cc1cccc(OC)c1Br. The van der Waals surface area contributed by atoms with E-state index in [0.717, 1.165) is 16.6 Å². The Kier molecular flexibility index (Phi) is 4.42. The summed E-state index contributed by atoms with van der Waals surface area (Å²) in [6.45, 7) is 2.16. The van der Waals surface area contributed by atoms with Crippen LogP contribution in [0.3, 0.4) is 0 Å². The van der Waals surface area contributed by atoms with E-state index in [1.807, 2.05) is 19.2 Å². The quantitative estimate of drug-likeness (QED) is 0.896. The molecule has 2 nitrogen and oxygen atoms in total. The van der Waals surface area contributed by atoms with Crippen LogP contribution in [-0.2, 0) is 6.42 Å². The van der Waals surface area contributed by atoms with E-state index in [-0.39, 0.29) is 0 Å². The largest absolute Gasteiger partial charge is 0.496 e. The van der Waals surface area contributed by atoms with Gasteiger partial charge in [0.05, 0.1) is 11.6 Å². The van der Waals surface area contributed by atoms with E-state index in [4.69, 9.17) is 4.74 Å². The van der Waals surface area contributed by atoms with E-state index in [9.17, 15) is 0 Å². The maximum absolute atomic E-state index is 5.23. The first-order valence-corrected chi connectivity index (χ1v) is 5.47.